The van der Waals surface area contributed by atoms with Gasteiger partial charge in [0.25, 0.3) is 0 Å². The molecule has 0 aliphatic rings. The zero-order chi connectivity index (χ0) is 12.9. The molecule has 1 rings (SSSR count). The molecule has 0 amide bonds. The molecule has 0 spiro atoms. The third-order valence-electron chi connectivity index (χ3n) is 2.88. The summed E-state index contributed by atoms with van der Waals surface area (Å²) in [5, 5.41) is 12.8. The summed E-state index contributed by atoms with van der Waals surface area (Å²) >= 11 is 6.15. The number of benzene rings is 1. The van der Waals surface area contributed by atoms with Gasteiger partial charge in [0.15, 0.2) is 0 Å². The third kappa shape index (κ3) is 4.28. The van der Waals surface area contributed by atoms with Gasteiger partial charge >= 0.3 is 0 Å². The first-order chi connectivity index (χ1) is 7.96. The number of aryl methyl sites for hydroxylation is 1. The van der Waals surface area contributed by atoms with Crippen molar-refractivity contribution >= 4 is 17.3 Å². The van der Waals surface area contributed by atoms with Crippen LogP contribution in [0.25, 0.3) is 0 Å². The Kier molecular flexibility index (Phi) is 4.84. The quantitative estimate of drug-likeness (QED) is 0.841. The molecular formula is C14H19ClN2. The summed E-state index contributed by atoms with van der Waals surface area (Å²) in [6.45, 7) is 7.17. The van der Waals surface area contributed by atoms with E-state index < -0.39 is 0 Å². The summed E-state index contributed by atoms with van der Waals surface area (Å²) in [5.41, 5.74) is 2.24. The van der Waals surface area contributed by atoms with Crippen molar-refractivity contribution in [2.24, 2.45) is 5.41 Å². The zero-order valence-corrected chi connectivity index (χ0v) is 11.4. The molecule has 17 heavy (non-hydrogen) atoms. The van der Waals surface area contributed by atoms with Crippen molar-refractivity contribution in [3.05, 3.63) is 28.8 Å². The molecule has 1 aromatic rings. The number of hydrogen-bond donors (Lipinski definition) is 1. The van der Waals surface area contributed by atoms with E-state index >= 15 is 0 Å². The number of nitrogens with zero attached hydrogens (tertiary/aromatic N) is 1. The van der Waals surface area contributed by atoms with Crippen molar-refractivity contribution in [3.8, 4) is 6.07 Å². The molecule has 1 N–H and O–H groups in total. The maximum absolute atomic E-state index is 8.61. The van der Waals surface area contributed by atoms with E-state index in [1.807, 2.05) is 25.1 Å². The average molecular weight is 251 g/mol. The Labute approximate surface area is 109 Å². The lowest BCUT2D eigenvalue weighted by molar-refractivity contribution is 0.364. The molecule has 0 saturated heterocycles. The van der Waals surface area contributed by atoms with Gasteiger partial charge in [-0.25, -0.2) is 0 Å². The van der Waals surface area contributed by atoms with Crippen LogP contribution in [0.15, 0.2) is 18.2 Å². The number of para-hydroxylation sites is 1. The van der Waals surface area contributed by atoms with Gasteiger partial charge in [0, 0.05) is 13.0 Å². The molecule has 0 aliphatic heterocycles. The van der Waals surface area contributed by atoms with Crippen LogP contribution in [0.2, 0.25) is 5.02 Å². The predicted molar refractivity (Wildman–Crippen MR) is 73.3 cm³/mol. The maximum atomic E-state index is 8.61. The number of rotatable bonds is 5. The standard InChI is InChI=1S/C14H19ClN2/c1-11-6-4-7-12(15)13(11)17-10-14(2,3)8-5-9-16/h4,6-7,17H,5,8,10H2,1-3H3. The number of halogens is 1. The van der Waals surface area contributed by atoms with Gasteiger partial charge in [-0.1, -0.05) is 37.6 Å². The molecule has 0 bridgehead atoms. The third-order valence-corrected chi connectivity index (χ3v) is 3.19. The van der Waals surface area contributed by atoms with Gasteiger partial charge in [0.2, 0.25) is 0 Å². The first kappa shape index (κ1) is 13.9. The minimum Gasteiger partial charge on any atom is -0.383 e. The topological polar surface area (TPSA) is 35.8 Å². The highest BCUT2D eigenvalue weighted by molar-refractivity contribution is 6.33. The van der Waals surface area contributed by atoms with Crippen LogP contribution in [0.1, 0.15) is 32.3 Å². The lowest BCUT2D eigenvalue weighted by atomic mass is 9.88. The summed E-state index contributed by atoms with van der Waals surface area (Å²) < 4.78 is 0. The van der Waals surface area contributed by atoms with E-state index in [1.54, 1.807) is 0 Å². The smallest absolute Gasteiger partial charge is 0.0640 e. The maximum Gasteiger partial charge on any atom is 0.0640 e. The Morgan fingerprint density at radius 3 is 2.71 bits per heavy atom. The Morgan fingerprint density at radius 1 is 1.41 bits per heavy atom. The molecule has 0 aromatic heterocycles. The molecule has 2 nitrogen and oxygen atoms in total. The van der Waals surface area contributed by atoms with Gasteiger partial charge in [0.1, 0.15) is 0 Å². The van der Waals surface area contributed by atoms with E-state index in [0.29, 0.717) is 6.42 Å². The predicted octanol–water partition coefficient (Wildman–Crippen LogP) is 4.39. The lowest BCUT2D eigenvalue weighted by Crippen LogP contribution is -2.23. The number of anilines is 1. The molecule has 0 saturated carbocycles. The molecule has 3 heteroatoms. The SMILES string of the molecule is Cc1cccc(Cl)c1NCC(C)(C)CCC#N. The first-order valence-corrected chi connectivity index (χ1v) is 6.20. The van der Waals surface area contributed by atoms with E-state index in [0.717, 1.165) is 29.2 Å². The van der Waals surface area contributed by atoms with Crippen LogP contribution < -0.4 is 5.32 Å². The monoisotopic (exact) mass is 250 g/mol. The van der Waals surface area contributed by atoms with Crippen LogP contribution in [0, 0.1) is 23.7 Å². The highest BCUT2D eigenvalue weighted by Gasteiger charge is 2.17. The van der Waals surface area contributed by atoms with Crippen molar-refractivity contribution in [3.63, 3.8) is 0 Å². The highest BCUT2D eigenvalue weighted by Crippen LogP contribution is 2.28. The van der Waals surface area contributed by atoms with Crippen molar-refractivity contribution in [2.45, 2.75) is 33.6 Å². The fraction of sp³-hybridized carbons (Fsp3) is 0.500. The van der Waals surface area contributed by atoms with Crippen molar-refractivity contribution < 1.29 is 0 Å². The molecule has 0 atom stereocenters. The zero-order valence-electron chi connectivity index (χ0n) is 10.7. The van der Waals surface area contributed by atoms with Gasteiger partial charge < -0.3 is 5.32 Å². The second kappa shape index (κ2) is 5.93. The molecule has 0 heterocycles. The number of nitrogens with one attached hydrogen (secondary N) is 1. The normalized spacial score (nSPS) is 11.0. The van der Waals surface area contributed by atoms with Gasteiger partial charge in [0.05, 0.1) is 16.8 Å². The summed E-state index contributed by atoms with van der Waals surface area (Å²) in [5.74, 6) is 0. The van der Waals surface area contributed by atoms with Crippen LogP contribution >= 0.6 is 11.6 Å². The van der Waals surface area contributed by atoms with E-state index in [1.165, 1.54) is 0 Å². The van der Waals surface area contributed by atoms with Gasteiger partial charge in [-0.2, -0.15) is 5.26 Å². The fourth-order valence-electron chi connectivity index (χ4n) is 1.67. The summed E-state index contributed by atoms with van der Waals surface area (Å²) in [6.07, 6.45) is 1.48. The first-order valence-electron chi connectivity index (χ1n) is 5.82. The molecule has 0 radical (unpaired) electrons. The van der Waals surface area contributed by atoms with Crippen molar-refractivity contribution in [1.29, 1.82) is 5.26 Å². The minimum atomic E-state index is 0.0986. The Morgan fingerprint density at radius 2 is 2.12 bits per heavy atom. The van der Waals surface area contributed by atoms with Gasteiger partial charge in [-0.05, 0) is 30.4 Å². The number of nitriles is 1. The van der Waals surface area contributed by atoms with Gasteiger partial charge in [-0.3, -0.25) is 0 Å². The molecule has 0 aliphatic carbocycles. The minimum absolute atomic E-state index is 0.0986. The molecule has 0 fully saturated rings. The average Bonchev–Trinajstić information content (AvgIpc) is 2.26. The Hall–Kier alpha value is -1.20. The van der Waals surface area contributed by atoms with E-state index in [9.17, 15) is 0 Å². The van der Waals surface area contributed by atoms with E-state index in [2.05, 4.69) is 25.2 Å². The molecule has 92 valence electrons. The fourth-order valence-corrected chi connectivity index (χ4v) is 1.95. The van der Waals surface area contributed by atoms with Crippen LogP contribution in [0.3, 0.4) is 0 Å². The van der Waals surface area contributed by atoms with Crippen molar-refractivity contribution in [1.82, 2.24) is 0 Å². The summed E-state index contributed by atoms with van der Waals surface area (Å²) in [6, 6.07) is 8.07. The van der Waals surface area contributed by atoms with Crippen LogP contribution in [0.5, 0.6) is 0 Å². The van der Waals surface area contributed by atoms with Crippen LogP contribution in [-0.2, 0) is 0 Å². The Balaban J connectivity index is 2.64. The largest absolute Gasteiger partial charge is 0.383 e. The van der Waals surface area contributed by atoms with Gasteiger partial charge in [-0.15, -0.1) is 0 Å². The Bertz CT molecular complexity index is 398. The van der Waals surface area contributed by atoms with Crippen LogP contribution in [0.4, 0.5) is 5.69 Å². The molecular weight excluding hydrogens is 232 g/mol. The van der Waals surface area contributed by atoms with Crippen molar-refractivity contribution in [2.75, 3.05) is 11.9 Å². The number of hydrogen-bond acceptors (Lipinski definition) is 2. The second-order valence-electron chi connectivity index (χ2n) is 5.11. The molecule has 0 unspecified atom stereocenters. The molecule has 1 aromatic carbocycles. The highest BCUT2D eigenvalue weighted by atomic mass is 35.5. The second-order valence-corrected chi connectivity index (χ2v) is 5.51. The summed E-state index contributed by atoms with van der Waals surface area (Å²) in [7, 11) is 0. The van der Waals surface area contributed by atoms with E-state index in [4.69, 9.17) is 16.9 Å². The van der Waals surface area contributed by atoms with Crippen LogP contribution in [-0.4, -0.2) is 6.54 Å². The van der Waals surface area contributed by atoms with E-state index in [-0.39, 0.29) is 5.41 Å². The lowest BCUT2D eigenvalue weighted by Gasteiger charge is -2.25. The summed E-state index contributed by atoms with van der Waals surface area (Å²) in [4.78, 5) is 0.